The van der Waals surface area contributed by atoms with E-state index in [2.05, 4.69) is 10.3 Å². The van der Waals surface area contributed by atoms with Crippen molar-refractivity contribution in [2.24, 2.45) is 18.9 Å². The van der Waals surface area contributed by atoms with E-state index >= 15 is 0 Å². The van der Waals surface area contributed by atoms with Gasteiger partial charge in [0.1, 0.15) is 11.3 Å². The monoisotopic (exact) mass is 319 g/mol. The van der Waals surface area contributed by atoms with E-state index in [9.17, 15) is 14.0 Å². The number of hydrogen-bond donors (Lipinski definition) is 2. The second kappa shape index (κ2) is 5.98. The number of carboxylic acids is 1. The molecule has 1 heterocycles. The fourth-order valence-corrected chi connectivity index (χ4v) is 2.99. The third-order valence-electron chi connectivity index (χ3n) is 4.53. The Hall–Kier alpha value is -2.44. The second-order valence-corrected chi connectivity index (χ2v) is 5.86. The van der Waals surface area contributed by atoms with Crippen molar-refractivity contribution in [3.8, 4) is 0 Å². The molecule has 2 unspecified atom stereocenters. The number of amides is 1. The Balaban J connectivity index is 1.61. The van der Waals surface area contributed by atoms with E-state index in [1.165, 1.54) is 6.07 Å². The summed E-state index contributed by atoms with van der Waals surface area (Å²) in [5, 5.41) is 11.7. The summed E-state index contributed by atoms with van der Waals surface area (Å²) >= 11 is 0. The minimum Gasteiger partial charge on any atom is -0.481 e. The Morgan fingerprint density at radius 1 is 1.39 bits per heavy atom. The molecule has 23 heavy (non-hydrogen) atoms. The minimum atomic E-state index is -0.915. The van der Waals surface area contributed by atoms with Crippen molar-refractivity contribution >= 4 is 22.9 Å². The summed E-state index contributed by atoms with van der Waals surface area (Å²) < 4.78 is 15.5. The van der Waals surface area contributed by atoms with Gasteiger partial charge in [-0.15, -0.1) is 0 Å². The zero-order chi connectivity index (χ0) is 16.6. The van der Waals surface area contributed by atoms with Gasteiger partial charge in [0.15, 0.2) is 5.82 Å². The van der Waals surface area contributed by atoms with Crippen LogP contribution < -0.4 is 5.32 Å². The number of rotatable bonds is 5. The third-order valence-corrected chi connectivity index (χ3v) is 4.53. The number of imidazole rings is 1. The van der Waals surface area contributed by atoms with Gasteiger partial charge in [-0.25, -0.2) is 9.37 Å². The summed E-state index contributed by atoms with van der Waals surface area (Å²) in [6.07, 6.45) is 1.62. The van der Waals surface area contributed by atoms with Gasteiger partial charge < -0.3 is 15.0 Å². The molecule has 7 heteroatoms. The molecule has 1 aliphatic rings. The zero-order valence-corrected chi connectivity index (χ0v) is 12.8. The second-order valence-electron chi connectivity index (χ2n) is 5.86. The van der Waals surface area contributed by atoms with Crippen LogP contribution in [0.15, 0.2) is 18.2 Å². The molecule has 0 spiro atoms. The average Bonchev–Trinajstić information content (AvgIpc) is 2.76. The number of fused-ring (bicyclic) bond motifs is 1. The quantitative estimate of drug-likeness (QED) is 0.874. The molecule has 2 aromatic rings. The first kappa shape index (κ1) is 15.5. The number of aryl methyl sites for hydroxylation is 1. The number of aliphatic carboxylic acids is 1. The molecule has 0 bridgehead atoms. The molecule has 1 aliphatic carbocycles. The van der Waals surface area contributed by atoms with E-state index in [4.69, 9.17) is 5.11 Å². The van der Waals surface area contributed by atoms with Crippen LogP contribution in [0.2, 0.25) is 0 Å². The summed E-state index contributed by atoms with van der Waals surface area (Å²) in [6.45, 7) is 0.348. The van der Waals surface area contributed by atoms with Crippen molar-refractivity contribution in [2.75, 3.05) is 6.54 Å². The van der Waals surface area contributed by atoms with Gasteiger partial charge in [-0.2, -0.15) is 0 Å². The fourth-order valence-electron chi connectivity index (χ4n) is 2.99. The highest BCUT2D eigenvalue weighted by molar-refractivity contribution is 5.86. The molecule has 0 radical (unpaired) electrons. The summed E-state index contributed by atoms with van der Waals surface area (Å²) in [5.74, 6) is -1.85. The molecule has 1 amide bonds. The topological polar surface area (TPSA) is 84.2 Å². The maximum Gasteiger partial charge on any atom is 0.307 e. The molecular weight excluding hydrogens is 301 g/mol. The van der Waals surface area contributed by atoms with Crippen LogP contribution in [0.3, 0.4) is 0 Å². The number of hydrogen-bond acceptors (Lipinski definition) is 3. The lowest BCUT2D eigenvalue weighted by Crippen LogP contribution is -2.44. The Kier molecular flexibility index (Phi) is 4.02. The summed E-state index contributed by atoms with van der Waals surface area (Å²) in [6, 6.07) is 4.79. The molecule has 1 aromatic carbocycles. The van der Waals surface area contributed by atoms with Gasteiger partial charge >= 0.3 is 5.97 Å². The van der Waals surface area contributed by atoms with Crippen LogP contribution in [0, 0.1) is 17.7 Å². The Labute approximate surface area is 132 Å². The predicted molar refractivity (Wildman–Crippen MR) is 81.2 cm³/mol. The van der Waals surface area contributed by atoms with Crippen LogP contribution in [0.5, 0.6) is 0 Å². The number of carbonyl (C=O) groups is 2. The van der Waals surface area contributed by atoms with Crippen molar-refractivity contribution in [1.29, 1.82) is 0 Å². The Bertz CT molecular complexity index is 771. The lowest BCUT2D eigenvalue weighted by Gasteiger charge is -2.31. The molecule has 1 fully saturated rings. The zero-order valence-electron chi connectivity index (χ0n) is 12.8. The van der Waals surface area contributed by atoms with Gasteiger partial charge in [0, 0.05) is 20.0 Å². The van der Waals surface area contributed by atoms with Gasteiger partial charge in [-0.3, -0.25) is 9.59 Å². The van der Waals surface area contributed by atoms with E-state index < -0.39 is 17.8 Å². The average molecular weight is 319 g/mol. The molecule has 2 N–H and O–H groups in total. The lowest BCUT2D eigenvalue weighted by atomic mass is 9.73. The highest BCUT2D eigenvalue weighted by atomic mass is 19.1. The summed E-state index contributed by atoms with van der Waals surface area (Å²) in [4.78, 5) is 27.2. The van der Waals surface area contributed by atoms with Gasteiger partial charge in [-0.05, 0) is 25.0 Å². The number of aromatic nitrogens is 2. The maximum absolute atomic E-state index is 13.7. The standard InChI is InChI=1S/C16H18FN3O3/c1-20-12-4-2-3-11(17)14(12)19-13(20)7-8-18-15(21)9-5-6-10(9)16(22)23/h2-4,9-10H,5-8H2,1H3,(H,18,21)(H,22,23). The fraction of sp³-hybridized carbons (Fsp3) is 0.438. The minimum absolute atomic E-state index is 0.228. The van der Waals surface area contributed by atoms with Crippen molar-refractivity contribution in [2.45, 2.75) is 19.3 Å². The molecular formula is C16H18FN3O3. The molecule has 2 atom stereocenters. The van der Waals surface area contributed by atoms with Crippen LogP contribution >= 0.6 is 0 Å². The molecule has 3 rings (SSSR count). The Morgan fingerprint density at radius 2 is 2.13 bits per heavy atom. The van der Waals surface area contributed by atoms with Crippen molar-refractivity contribution in [3.05, 3.63) is 29.8 Å². The van der Waals surface area contributed by atoms with Crippen LogP contribution in [-0.2, 0) is 23.1 Å². The number of carbonyl (C=O) groups excluding carboxylic acids is 1. The highest BCUT2D eigenvalue weighted by Gasteiger charge is 2.41. The van der Waals surface area contributed by atoms with E-state index in [1.54, 1.807) is 23.7 Å². The van der Waals surface area contributed by atoms with Crippen LogP contribution in [-0.4, -0.2) is 33.1 Å². The largest absolute Gasteiger partial charge is 0.481 e. The van der Waals surface area contributed by atoms with E-state index in [0.717, 1.165) is 0 Å². The molecule has 6 nitrogen and oxygen atoms in total. The Morgan fingerprint density at radius 3 is 2.74 bits per heavy atom. The van der Waals surface area contributed by atoms with Gasteiger partial charge in [0.2, 0.25) is 5.91 Å². The van der Waals surface area contributed by atoms with Gasteiger partial charge in [0.05, 0.1) is 17.4 Å². The van der Waals surface area contributed by atoms with Crippen molar-refractivity contribution in [1.82, 2.24) is 14.9 Å². The molecule has 122 valence electrons. The first-order valence-electron chi connectivity index (χ1n) is 7.59. The van der Waals surface area contributed by atoms with Gasteiger partial charge in [0.25, 0.3) is 0 Å². The van der Waals surface area contributed by atoms with Crippen molar-refractivity contribution < 1.29 is 19.1 Å². The predicted octanol–water partition coefficient (Wildman–Crippen LogP) is 1.48. The number of halogens is 1. The first-order valence-corrected chi connectivity index (χ1v) is 7.59. The van der Waals surface area contributed by atoms with Crippen LogP contribution in [0.4, 0.5) is 4.39 Å². The van der Waals surface area contributed by atoms with Gasteiger partial charge in [-0.1, -0.05) is 6.07 Å². The van der Waals surface area contributed by atoms with Crippen LogP contribution in [0.25, 0.3) is 11.0 Å². The van der Waals surface area contributed by atoms with Crippen LogP contribution in [0.1, 0.15) is 18.7 Å². The molecule has 1 saturated carbocycles. The number of benzene rings is 1. The maximum atomic E-state index is 13.7. The number of carboxylic acid groups (broad SMARTS) is 1. The summed E-state index contributed by atoms with van der Waals surface area (Å²) in [7, 11) is 1.80. The number of nitrogens with zero attached hydrogens (tertiary/aromatic N) is 2. The smallest absolute Gasteiger partial charge is 0.307 e. The summed E-state index contributed by atoms with van der Waals surface area (Å²) in [5.41, 5.74) is 1.03. The van der Waals surface area contributed by atoms with E-state index in [0.29, 0.717) is 42.7 Å². The molecule has 0 saturated heterocycles. The third kappa shape index (κ3) is 2.78. The van der Waals surface area contributed by atoms with E-state index in [-0.39, 0.29) is 11.7 Å². The molecule has 1 aromatic heterocycles. The van der Waals surface area contributed by atoms with Crippen molar-refractivity contribution in [3.63, 3.8) is 0 Å². The highest BCUT2D eigenvalue weighted by Crippen LogP contribution is 2.34. The normalized spacial score (nSPS) is 20.3. The number of nitrogens with one attached hydrogen (secondary N) is 1. The first-order chi connectivity index (χ1) is 11.0. The number of para-hydroxylation sites is 1. The molecule has 0 aliphatic heterocycles. The SMILES string of the molecule is Cn1c(CCNC(=O)C2CCC2C(=O)O)nc2c(F)cccc21. The van der Waals surface area contributed by atoms with E-state index in [1.807, 2.05) is 0 Å². The lowest BCUT2D eigenvalue weighted by molar-refractivity contribution is -0.152.